The number of rotatable bonds is 8. The van der Waals surface area contributed by atoms with Crippen molar-refractivity contribution in [2.24, 2.45) is 0 Å². The second kappa shape index (κ2) is 7.16. The average Bonchev–Trinajstić information content (AvgIpc) is 2.00. The van der Waals surface area contributed by atoms with Crippen molar-refractivity contribution in [3.05, 3.63) is 0 Å². The molecular formula is C9H21NO4S. The first-order valence-corrected chi connectivity index (χ1v) is 6.79. The Morgan fingerprint density at radius 3 is 2.33 bits per heavy atom. The minimum Gasteiger partial charge on any atom is -0.393 e. The Morgan fingerprint density at radius 2 is 1.87 bits per heavy atom. The summed E-state index contributed by atoms with van der Waals surface area (Å²) in [6, 6.07) is 0.200. The topological polar surface area (TPSA) is 86.6 Å². The van der Waals surface area contributed by atoms with E-state index in [0.717, 1.165) is 19.3 Å². The van der Waals surface area contributed by atoms with Gasteiger partial charge in [-0.1, -0.05) is 0 Å². The van der Waals surface area contributed by atoms with E-state index in [1.807, 2.05) is 6.92 Å². The summed E-state index contributed by atoms with van der Waals surface area (Å²) in [5.74, 6) is -0.256. The predicted molar refractivity (Wildman–Crippen MR) is 59.4 cm³/mol. The van der Waals surface area contributed by atoms with E-state index in [1.54, 1.807) is 6.92 Å². The third-order valence-corrected chi connectivity index (χ3v) is 2.83. The first-order valence-electron chi connectivity index (χ1n) is 5.18. The highest BCUT2D eigenvalue weighted by Crippen LogP contribution is 2.03. The molecule has 0 aliphatic heterocycles. The maximum Gasteiger partial charge on any atom is 0.266 e. The van der Waals surface area contributed by atoms with Crippen molar-refractivity contribution in [1.82, 2.24) is 5.32 Å². The van der Waals surface area contributed by atoms with Gasteiger partial charge in [0.15, 0.2) is 0 Å². The summed E-state index contributed by atoms with van der Waals surface area (Å²) in [4.78, 5) is 0. The minimum absolute atomic E-state index is 0.200. The van der Waals surface area contributed by atoms with E-state index in [-0.39, 0.29) is 24.4 Å². The molecular weight excluding hydrogens is 218 g/mol. The molecule has 0 saturated heterocycles. The van der Waals surface area contributed by atoms with Gasteiger partial charge in [-0.15, -0.1) is 0 Å². The smallest absolute Gasteiger partial charge is 0.266 e. The molecule has 0 spiro atoms. The second-order valence-corrected chi connectivity index (χ2v) is 5.49. The highest BCUT2D eigenvalue weighted by molar-refractivity contribution is 7.85. The van der Waals surface area contributed by atoms with Crippen molar-refractivity contribution >= 4 is 10.1 Å². The van der Waals surface area contributed by atoms with Gasteiger partial charge in [-0.2, -0.15) is 8.42 Å². The highest BCUT2D eigenvalue weighted by atomic mass is 32.2. The molecule has 0 fully saturated rings. The molecule has 0 aliphatic carbocycles. The van der Waals surface area contributed by atoms with E-state index in [2.05, 4.69) is 5.32 Å². The summed E-state index contributed by atoms with van der Waals surface area (Å²) in [6.07, 6.45) is 2.26. The molecule has 2 atom stereocenters. The van der Waals surface area contributed by atoms with E-state index < -0.39 is 10.1 Å². The van der Waals surface area contributed by atoms with E-state index in [1.165, 1.54) is 0 Å². The number of hydrogen-bond acceptors (Lipinski definition) is 4. The van der Waals surface area contributed by atoms with Gasteiger partial charge in [0.25, 0.3) is 10.1 Å². The number of aliphatic hydroxyl groups excluding tert-OH is 1. The van der Waals surface area contributed by atoms with Gasteiger partial charge in [0, 0.05) is 12.6 Å². The van der Waals surface area contributed by atoms with Crippen LogP contribution in [0, 0.1) is 0 Å². The fourth-order valence-corrected chi connectivity index (χ4v) is 1.63. The van der Waals surface area contributed by atoms with Crippen LogP contribution >= 0.6 is 0 Å². The van der Waals surface area contributed by atoms with Gasteiger partial charge < -0.3 is 10.4 Å². The third-order valence-electron chi connectivity index (χ3n) is 2.11. The zero-order valence-electron chi connectivity index (χ0n) is 9.31. The van der Waals surface area contributed by atoms with Gasteiger partial charge in [-0.3, -0.25) is 4.55 Å². The quantitative estimate of drug-likeness (QED) is 0.534. The Bertz CT molecular complexity index is 251. The number of nitrogens with one attached hydrogen (secondary N) is 1. The molecule has 0 radical (unpaired) electrons. The minimum atomic E-state index is -3.86. The summed E-state index contributed by atoms with van der Waals surface area (Å²) in [5.41, 5.74) is 0. The molecule has 0 amide bonds. The van der Waals surface area contributed by atoms with E-state index in [9.17, 15) is 8.42 Å². The van der Waals surface area contributed by atoms with Crippen LogP contribution in [0.2, 0.25) is 0 Å². The van der Waals surface area contributed by atoms with Crippen molar-refractivity contribution in [1.29, 1.82) is 0 Å². The first kappa shape index (κ1) is 14.8. The van der Waals surface area contributed by atoms with Crippen molar-refractivity contribution < 1.29 is 18.1 Å². The first-order chi connectivity index (χ1) is 6.81. The SMILES string of the molecule is CC(O)CCCC(C)NCCS(=O)(=O)O. The molecule has 0 saturated carbocycles. The molecule has 0 aromatic carbocycles. The standard InChI is InChI=1S/C9H21NO4S/c1-8(4-3-5-9(2)11)10-6-7-15(12,13)14/h8-11H,3-7H2,1-2H3,(H,12,13,14). The lowest BCUT2D eigenvalue weighted by Gasteiger charge is -2.13. The molecule has 0 rings (SSSR count). The fourth-order valence-electron chi connectivity index (χ4n) is 1.26. The molecule has 0 aromatic heterocycles. The van der Waals surface area contributed by atoms with Gasteiger partial charge in [0.2, 0.25) is 0 Å². The zero-order chi connectivity index (χ0) is 11.9. The van der Waals surface area contributed by atoms with E-state index >= 15 is 0 Å². The lowest BCUT2D eigenvalue weighted by Crippen LogP contribution is -2.30. The van der Waals surface area contributed by atoms with Crippen LogP contribution in [-0.4, -0.2) is 42.5 Å². The zero-order valence-corrected chi connectivity index (χ0v) is 10.1. The maximum absolute atomic E-state index is 10.4. The van der Waals surface area contributed by atoms with E-state index in [4.69, 9.17) is 9.66 Å². The molecule has 3 N–H and O–H groups in total. The lowest BCUT2D eigenvalue weighted by atomic mass is 10.1. The molecule has 15 heavy (non-hydrogen) atoms. The summed E-state index contributed by atoms with van der Waals surface area (Å²) in [7, 11) is -3.86. The van der Waals surface area contributed by atoms with Gasteiger partial charge in [-0.25, -0.2) is 0 Å². The summed E-state index contributed by atoms with van der Waals surface area (Å²) in [6.45, 7) is 3.96. The van der Waals surface area contributed by atoms with Crippen LogP contribution in [0.1, 0.15) is 33.1 Å². The van der Waals surface area contributed by atoms with Gasteiger partial charge >= 0.3 is 0 Å². The van der Waals surface area contributed by atoms with Crippen molar-refractivity contribution in [3.8, 4) is 0 Å². The molecule has 0 aromatic rings. The molecule has 2 unspecified atom stereocenters. The van der Waals surface area contributed by atoms with Crippen LogP contribution in [-0.2, 0) is 10.1 Å². The van der Waals surface area contributed by atoms with E-state index in [0.29, 0.717) is 0 Å². The van der Waals surface area contributed by atoms with Crippen LogP contribution in [0.25, 0.3) is 0 Å². The Hall–Kier alpha value is -0.170. The largest absolute Gasteiger partial charge is 0.393 e. The Balaban J connectivity index is 3.45. The molecule has 0 heterocycles. The Morgan fingerprint density at radius 1 is 1.27 bits per heavy atom. The normalized spacial score (nSPS) is 16.3. The van der Waals surface area contributed by atoms with Crippen molar-refractivity contribution in [3.63, 3.8) is 0 Å². The van der Waals surface area contributed by atoms with Crippen LogP contribution in [0.3, 0.4) is 0 Å². The Labute approximate surface area is 91.6 Å². The van der Waals surface area contributed by atoms with Gasteiger partial charge in [0.05, 0.1) is 11.9 Å². The highest BCUT2D eigenvalue weighted by Gasteiger charge is 2.06. The fraction of sp³-hybridized carbons (Fsp3) is 1.00. The summed E-state index contributed by atoms with van der Waals surface area (Å²) < 4.78 is 29.3. The van der Waals surface area contributed by atoms with Crippen LogP contribution in [0.4, 0.5) is 0 Å². The predicted octanol–water partition coefficient (Wildman–Crippen LogP) is 0.403. The number of aliphatic hydroxyl groups is 1. The average molecular weight is 239 g/mol. The summed E-state index contributed by atoms with van der Waals surface area (Å²) >= 11 is 0. The van der Waals surface area contributed by atoms with Gasteiger partial charge in [0.1, 0.15) is 0 Å². The number of hydrogen-bond donors (Lipinski definition) is 3. The van der Waals surface area contributed by atoms with Crippen LogP contribution in [0.15, 0.2) is 0 Å². The Kier molecular flexibility index (Phi) is 7.08. The third kappa shape index (κ3) is 11.8. The molecule has 0 bridgehead atoms. The molecule has 92 valence electrons. The molecule has 0 aliphatic rings. The van der Waals surface area contributed by atoms with Crippen molar-refractivity contribution in [2.45, 2.75) is 45.3 Å². The van der Waals surface area contributed by atoms with Crippen LogP contribution < -0.4 is 5.32 Å². The second-order valence-electron chi connectivity index (χ2n) is 3.92. The molecule has 6 heteroatoms. The van der Waals surface area contributed by atoms with Crippen LogP contribution in [0.5, 0.6) is 0 Å². The monoisotopic (exact) mass is 239 g/mol. The maximum atomic E-state index is 10.4. The molecule has 5 nitrogen and oxygen atoms in total. The van der Waals surface area contributed by atoms with Crippen molar-refractivity contribution in [2.75, 3.05) is 12.3 Å². The lowest BCUT2D eigenvalue weighted by molar-refractivity contribution is 0.179. The van der Waals surface area contributed by atoms with Gasteiger partial charge in [-0.05, 0) is 33.1 Å². The summed E-state index contributed by atoms with van der Waals surface area (Å²) in [5, 5.41) is 12.0.